The van der Waals surface area contributed by atoms with Crippen molar-refractivity contribution in [2.75, 3.05) is 26.1 Å². The molecule has 0 saturated carbocycles. The zero-order valence-electron chi connectivity index (χ0n) is 13.4. The van der Waals surface area contributed by atoms with Gasteiger partial charge in [-0.05, 0) is 42.0 Å². The number of nitrogens with one attached hydrogen (secondary N) is 2. The fourth-order valence-electron chi connectivity index (χ4n) is 1.93. The van der Waals surface area contributed by atoms with Gasteiger partial charge in [0.25, 0.3) is 5.91 Å². The molecule has 0 saturated heterocycles. The predicted molar refractivity (Wildman–Crippen MR) is 97.9 cm³/mol. The molecule has 2 rings (SSSR count). The van der Waals surface area contributed by atoms with E-state index in [0.29, 0.717) is 11.5 Å². The van der Waals surface area contributed by atoms with E-state index in [9.17, 15) is 4.79 Å². The van der Waals surface area contributed by atoms with Crippen molar-refractivity contribution in [3.05, 3.63) is 52.5 Å². The summed E-state index contributed by atoms with van der Waals surface area (Å²) in [6, 6.07) is 12.9. The third kappa shape index (κ3) is 5.27. The molecule has 0 atom stereocenters. The molecule has 1 amide bonds. The van der Waals surface area contributed by atoms with Crippen molar-refractivity contribution in [2.45, 2.75) is 0 Å². The van der Waals surface area contributed by atoms with Crippen LogP contribution < -0.4 is 20.2 Å². The van der Waals surface area contributed by atoms with Crippen LogP contribution >= 0.6 is 15.9 Å². The average Bonchev–Trinajstić information content (AvgIpc) is 2.60. The maximum Gasteiger partial charge on any atom is 0.259 e. The molecule has 0 heterocycles. The predicted octanol–water partition coefficient (Wildman–Crippen LogP) is 3.03. The summed E-state index contributed by atoms with van der Waals surface area (Å²) in [6.07, 6.45) is 1.54. The highest BCUT2D eigenvalue weighted by Gasteiger charge is 2.03. The molecule has 126 valence electrons. The van der Waals surface area contributed by atoms with Crippen LogP contribution in [0.3, 0.4) is 0 Å². The molecular weight excluding hydrogens is 374 g/mol. The van der Waals surface area contributed by atoms with Crippen LogP contribution in [0.1, 0.15) is 5.56 Å². The quantitative estimate of drug-likeness (QED) is 0.561. The van der Waals surface area contributed by atoms with Gasteiger partial charge in [-0.1, -0.05) is 22.0 Å². The van der Waals surface area contributed by atoms with Gasteiger partial charge in [0, 0.05) is 10.2 Å². The maximum absolute atomic E-state index is 11.8. The van der Waals surface area contributed by atoms with E-state index in [4.69, 9.17) is 9.47 Å². The lowest BCUT2D eigenvalue weighted by Gasteiger charge is -2.07. The lowest BCUT2D eigenvalue weighted by Crippen LogP contribution is -2.25. The molecule has 0 aromatic heterocycles. The second-order valence-corrected chi connectivity index (χ2v) is 5.69. The van der Waals surface area contributed by atoms with Gasteiger partial charge in [0.1, 0.15) is 0 Å². The van der Waals surface area contributed by atoms with Gasteiger partial charge in [-0.25, -0.2) is 5.43 Å². The van der Waals surface area contributed by atoms with Crippen molar-refractivity contribution in [1.29, 1.82) is 0 Å². The van der Waals surface area contributed by atoms with Crippen molar-refractivity contribution in [3.63, 3.8) is 0 Å². The zero-order chi connectivity index (χ0) is 17.4. The number of anilines is 1. The molecule has 0 fully saturated rings. The Morgan fingerprint density at radius 2 is 1.96 bits per heavy atom. The molecule has 24 heavy (non-hydrogen) atoms. The van der Waals surface area contributed by atoms with Crippen LogP contribution in [-0.2, 0) is 4.79 Å². The molecule has 2 N–H and O–H groups in total. The number of carbonyl (C=O) groups excluding carboxylic acids is 1. The normalized spacial score (nSPS) is 10.5. The number of rotatable bonds is 7. The summed E-state index contributed by atoms with van der Waals surface area (Å²) in [7, 11) is 3.14. The molecular formula is C17H18BrN3O3. The van der Waals surface area contributed by atoms with E-state index in [1.54, 1.807) is 32.6 Å². The van der Waals surface area contributed by atoms with E-state index >= 15 is 0 Å². The van der Waals surface area contributed by atoms with Crippen molar-refractivity contribution < 1.29 is 14.3 Å². The minimum atomic E-state index is -0.244. The number of hydrazone groups is 1. The molecule has 0 aliphatic heterocycles. The van der Waals surface area contributed by atoms with Crippen molar-refractivity contribution in [1.82, 2.24) is 5.43 Å². The number of benzene rings is 2. The molecule has 0 aliphatic rings. The summed E-state index contributed by atoms with van der Waals surface area (Å²) in [5.41, 5.74) is 4.10. The third-order valence-electron chi connectivity index (χ3n) is 3.09. The van der Waals surface area contributed by atoms with Crippen LogP contribution in [0, 0.1) is 0 Å². The summed E-state index contributed by atoms with van der Waals surface area (Å²) < 4.78 is 11.3. The molecule has 0 spiro atoms. The van der Waals surface area contributed by atoms with Crippen LogP contribution in [-0.4, -0.2) is 32.9 Å². The molecule has 7 heteroatoms. The summed E-state index contributed by atoms with van der Waals surface area (Å²) in [5, 5.41) is 6.95. The lowest BCUT2D eigenvalue weighted by molar-refractivity contribution is -0.119. The first kappa shape index (κ1) is 17.8. The Kier molecular flexibility index (Phi) is 6.62. The highest BCUT2D eigenvalue weighted by molar-refractivity contribution is 9.10. The van der Waals surface area contributed by atoms with Gasteiger partial charge in [0.2, 0.25) is 0 Å². The first-order valence-corrected chi connectivity index (χ1v) is 7.95. The fourth-order valence-corrected chi connectivity index (χ4v) is 2.33. The monoisotopic (exact) mass is 391 g/mol. The number of halogens is 1. The SMILES string of the molecule is COc1ccc(/C=N\NC(=O)CNc2cccc(Br)c2)cc1OC. The Morgan fingerprint density at radius 3 is 2.67 bits per heavy atom. The second-order valence-electron chi connectivity index (χ2n) is 4.77. The van der Waals surface area contributed by atoms with Gasteiger partial charge in [0.15, 0.2) is 11.5 Å². The summed E-state index contributed by atoms with van der Waals surface area (Å²) in [5.74, 6) is 0.993. The minimum Gasteiger partial charge on any atom is -0.493 e. The zero-order valence-corrected chi connectivity index (χ0v) is 15.0. The van der Waals surface area contributed by atoms with Crippen LogP contribution in [0.15, 0.2) is 52.0 Å². The van der Waals surface area contributed by atoms with Crippen molar-refractivity contribution in [2.24, 2.45) is 5.10 Å². The first-order valence-electron chi connectivity index (χ1n) is 7.15. The van der Waals surface area contributed by atoms with Gasteiger partial charge in [-0.15, -0.1) is 0 Å². The van der Waals surface area contributed by atoms with Crippen LogP contribution in [0.4, 0.5) is 5.69 Å². The summed E-state index contributed by atoms with van der Waals surface area (Å²) in [4.78, 5) is 11.8. The van der Waals surface area contributed by atoms with Crippen LogP contribution in [0.5, 0.6) is 11.5 Å². The average molecular weight is 392 g/mol. The Labute approximate surface area is 149 Å². The molecule has 2 aromatic carbocycles. The van der Waals surface area contributed by atoms with Gasteiger partial charge < -0.3 is 14.8 Å². The number of carbonyl (C=O) groups is 1. The first-order chi connectivity index (χ1) is 11.6. The largest absolute Gasteiger partial charge is 0.493 e. The van der Waals surface area contributed by atoms with Gasteiger partial charge in [-0.2, -0.15) is 5.10 Å². The molecule has 2 aromatic rings. The summed E-state index contributed by atoms with van der Waals surface area (Å²) >= 11 is 3.38. The van der Waals surface area contributed by atoms with Crippen LogP contribution in [0.2, 0.25) is 0 Å². The molecule has 0 unspecified atom stereocenters. The smallest absolute Gasteiger partial charge is 0.259 e. The number of nitrogens with zero attached hydrogens (tertiary/aromatic N) is 1. The number of hydrogen-bond acceptors (Lipinski definition) is 5. The molecule has 6 nitrogen and oxygen atoms in total. The van der Waals surface area contributed by atoms with Crippen LogP contribution in [0.25, 0.3) is 0 Å². The van der Waals surface area contributed by atoms with E-state index in [0.717, 1.165) is 15.7 Å². The third-order valence-corrected chi connectivity index (χ3v) is 3.58. The topological polar surface area (TPSA) is 72.0 Å². The van der Waals surface area contributed by atoms with Gasteiger partial charge in [-0.3, -0.25) is 4.79 Å². The number of amides is 1. The molecule has 0 aliphatic carbocycles. The molecule has 0 bridgehead atoms. The number of hydrogen-bond donors (Lipinski definition) is 2. The number of methoxy groups -OCH3 is 2. The Morgan fingerprint density at radius 1 is 1.17 bits per heavy atom. The van der Waals surface area contributed by atoms with E-state index in [-0.39, 0.29) is 12.5 Å². The van der Waals surface area contributed by atoms with E-state index in [1.165, 1.54) is 0 Å². The lowest BCUT2D eigenvalue weighted by atomic mass is 10.2. The Hall–Kier alpha value is -2.54. The highest BCUT2D eigenvalue weighted by Crippen LogP contribution is 2.26. The van der Waals surface area contributed by atoms with E-state index < -0.39 is 0 Å². The van der Waals surface area contributed by atoms with Crippen molar-refractivity contribution >= 4 is 33.7 Å². The molecule has 0 radical (unpaired) electrons. The van der Waals surface area contributed by atoms with Gasteiger partial charge >= 0.3 is 0 Å². The van der Waals surface area contributed by atoms with E-state index in [1.807, 2.05) is 30.3 Å². The maximum atomic E-state index is 11.8. The minimum absolute atomic E-state index is 0.125. The standard InChI is InChI=1S/C17H18BrN3O3/c1-23-15-7-6-12(8-16(15)24-2)10-20-21-17(22)11-19-14-5-3-4-13(18)9-14/h3-10,19H,11H2,1-2H3,(H,21,22)/b20-10-. The van der Waals surface area contributed by atoms with E-state index in [2.05, 4.69) is 31.8 Å². The second kappa shape index (κ2) is 8.93. The highest BCUT2D eigenvalue weighted by atomic mass is 79.9. The number of ether oxygens (including phenoxy) is 2. The Balaban J connectivity index is 1.86. The van der Waals surface area contributed by atoms with Crippen molar-refractivity contribution in [3.8, 4) is 11.5 Å². The Bertz CT molecular complexity index is 735. The van der Waals surface area contributed by atoms with Gasteiger partial charge in [0.05, 0.1) is 27.0 Å². The fraction of sp³-hybridized carbons (Fsp3) is 0.176. The summed E-state index contributed by atoms with van der Waals surface area (Å²) in [6.45, 7) is 0.125.